The van der Waals surface area contributed by atoms with Crippen molar-refractivity contribution in [3.63, 3.8) is 0 Å². The average molecular weight is 442 g/mol. The minimum Gasteiger partial charge on any atom is -0.309 e. The zero-order valence-electron chi connectivity index (χ0n) is 18.2. The van der Waals surface area contributed by atoms with Crippen molar-refractivity contribution in [1.29, 1.82) is 0 Å². The number of amides is 2. The maximum Gasteiger partial charge on any atom is 0.243 e. The number of likely N-dealkylation sites (N-methyl/N-ethyl adjacent to an activating group) is 1. The molecule has 0 N–H and O–H groups in total. The maximum atomic E-state index is 13.2. The molecule has 2 amide bonds. The van der Waals surface area contributed by atoms with Crippen molar-refractivity contribution >= 4 is 33.2 Å². The number of rotatable bonds is 4. The molecule has 0 aliphatic carbocycles. The van der Waals surface area contributed by atoms with Crippen LogP contribution in [-0.2, 0) is 32.5 Å². The lowest BCUT2D eigenvalue weighted by atomic mass is 10.1. The number of carbonyl (C=O) groups is 2. The van der Waals surface area contributed by atoms with Gasteiger partial charge in [0.2, 0.25) is 21.8 Å². The largest absolute Gasteiger partial charge is 0.309 e. The van der Waals surface area contributed by atoms with Gasteiger partial charge >= 0.3 is 0 Å². The second-order valence-corrected chi connectivity index (χ2v) is 10.5. The highest BCUT2D eigenvalue weighted by Crippen LogP contribution is 2.35. The second kappa shape index (κ2) is 7.76. The van der Waals surface area contributed by atoms with E-state index in [0.29, 0.717) is 6.42 Å². The Balaban J connectivity index is 1.56. The van der Waals surface area contributed by atoms with Gasteiger partial charge in [0.05, 0.1) is 11.4 Å². The summed E-state index contributed by atoms with van der Waals surface area (Å²) < 4.78 is 27.5. The van der Waals surface area contributed by atoms with Crippen LogP contribution in [0.25, 0.3) is 0 Å². The van der Waals surface area contributed by atoms with Crippen molar-refractivity contribution in [2.45, 2.75) is 50.6 Å². The summed E-state index contributed by atoms with van der Waals surface area (Å²) in [6.07, 6.45) is 1.36. The summed E-state index contributed by atoms with van der Waals surface area (Å²) in [6.45, 7) is 5.17. The molecule has 0 unspecified atom stereocenters. The zero-order valence-corrected chi connectivity index (χ0v) is 19.0. The van der Waals surface area contributed by atoms with E-state index in [4.69, 9.17) is 0 Å². The number of hydrogen-bond acceptors (Lipinski definition) is 4. The third-order valence-corrected chi connectivity index (χ3v) is 7.95. The third kappa shape index (κ3) is 3.64. The van der Waals surface area contributed by atoms with Crippen molar-refractivity contribution in [3.8, 4) is 0 Å². The first-order valence-electron chi connectivity index (χ1n) is 10.4. The first-order chi connectivity index (χ1) is 14.6. The standard InChI is InChI=1S/C23H27N3O4S/c1-15-12-19-13-20(9-10-22(19)25(15)17(3)27)31(29,30)24(4)14-23(28)26-16(2)11-18-7-5-6-8-21(18)26/h5-10,13,15-16H,11-12,14H2,1-4H3/t15-,16-/m0/s1. The van der Waals surface area contributed by atoms with Crippen LogP contribution in [0.5, 0.6) is 0 Å². The van der Waals surface area contributed by atoms with Crippen LogP contribution in [0.15, 0.2) is 47.4 Å². The Hall–Kier alpha value is -2.71. The monoisotopic (exact) mass is 441 g/mol. The van der Waals surface area contributed by atoms with Crippen molar-refractivity contribution < 1.29 is 18.0 Å². The number of hydrogen-bond donors (Lipinski definition) is 0. The Labute approximate surface area is 183 Å². The fourth-order valence-corrected chi connectivity index (χ4v) is 5.90. The van der Waals surface area contributed by atoms with E-state index in [1.807, 2.05) is 38.1 Å². The SMILES string of the molecule is CC(=O)N1c2ccc(S(=O)(=O)N(C)CC(=O)N3c4ccccc4C[C@@H]3C)cc2C[C@@H]1C. The molecule has 2 heterocycles. The molecule has 8 heteroatoms. The fraction of sp³-hybridized carbons (Fsp3) is 0.391. The molecular weight excluding hydrogens is 414 g/mol. The van der Waals surface area contributed by atoms with Crippen LogP contribution in [0.4, 0.5) is 11.4 Å². The summed E-state index contributed by atoms with van der Waals surface area (Å²) in [5, 5.41) is 0. The van der Waals surface area contributed by atoms with Crippen LogP contribution in [-0.4, -0.2) is 50.2 Å². The molecule has 2 aromatic rings. The van der Waals surface area contributed by atoms with E-state index in [-0.39, 0.29) is 35.3 Å². The number of para-hydroxylation sites is 1. The van der Waals surface area contributed by atoms with Gasteiger partial charge in [-0.1, -0.05) is 18.2 Å². The second-order valence-electron chi connectivity index (χ2n) is 8.44. The molecule has 0 bridgehead atoms. The molecule has 2 aromatic carbocycles. The highest BCUT2D eigenvalue weighted by molar-refractivity contribution is 7.89. The third-order valence-electron chi connectivity index (χ3n) is 6.15. The Morgan fingerprint density at radius 3 is 2.29 bits per heavy atom. The van der Waals surface area contributed by atoms with Gasteiger partial charge in [-0.25, -0.2) is 8.42 Å². The van der Waals surface area contributed by atoms with Crippen LogP contribution >= 0.6 is 0 Å². The Morgan fingerprint density at radius 1 is 0.968 bits per heavy atom. The summed E-state index contributed by atoms with van der Waals surface area (Å²) in [4.78, 5) is 28.5. The fourth-order valence-electron chi connectivity index (χ4n) is 4.72. The molecule has 31 heavy (non-hydrogen) atoms. The van der Waals surface area contributed by atoms with Gasteiger partial charge in [-0.2, -0.15) is 4.31 Å². The topological polar surface area (TPSA) is 78.0 Å². The Morgan fingerprint density at radius 2 is 1.58 bits per heavy atom. The summed E-state index contributed by atoms with van der Waals surface area (Å²) in [6, 6.07) is 12.5. The first-order valence-corrected chi connectivity index (χ1v) is 11.8. The molecule has 0 aromatic heterocycles. The Bertz CT molecular complexity index is 1160. The van der Waals surface area contributed by atoms with E-state index in [0.717, 1.165) is 33.2 Å². The van der Waals surface area contributed by atoms with Crippen LogP contribution in [0.2, 0.25) is 0 Å². The van der Waals surface area contributed by atoms with Gasteiger partial charge in [0, 0.05) is 37.4 Å². The van der Waals surface area contributed by atoms with Crippen molar-refractivity contribution in [1.82, 2.24) is 4.31 Å². The smallest absolute Gasteiger partial charge is 0.243 e. The highest BCUT2D eigenvalue weighted by Gasteiger charge is 2.34. The number of sulfonamides is 1. The molecule has 164 valence electrons. The summed E-state index contributed by atoms with van der Waals surface area (Å²) in [5.41, 5.74) is 3.52. The molecule has 0 spiro atoms. The van der Waals surface area contributed by atoms with Gasteiger partial charge in [0.1, 0.15) is 0 Å². The Kier molecular flexibility index (Phi) is 5.39. The summed E-state index contributed by atoms with van der Waals surface area (Å²) >= 11 is 0. The average Bonchev–Trinajstić information content (AvgIpc) is 3.21. The maximum absolute atomic E-state index is 13.2. The van der Waals surface area contributed by atoms with Crippen LogP contribution in [0.3, 0.4) is 0 Å². The van der Waals surface area contributed by atoms with Gasteiger partial charge in [-0.05, 0) is 62.1 Å². The lowest BCUT2D eigenvalue weighted by molar-refractivity contribution is -0.119. The van der Waals surface area contributed by atoms with Gasteiger partial charge in [0.15, 0.2) is 0 Å². The number of fused-ring (bicyclic) bond motifs is 2. The highest BCUT2D eigenvalue weighted by atomic mass is 32.2. The van der Waals surface area contributed by atoms with E-state index in [2.05, 4.69) is 0 Å². The van der Waals surface area contributed by atoms with Gasteiger partial charge in [0.25, 0.3) is 0 Å². The van der Waals surface area contributed by atoms with E-state index < -0.39 is 10.0 Å². The zero-order chi connectivity index (χ0) is 22.5. The van der Waals surface area contributed by atoms with E-state index in [9.17, 15) is 18.0 Å². The number of nitrogens with zero attached hydrogens (tertiary/aromatic N) is 3. The van der Waals surface area contributed by atoms with Gasteiger partial charge < -0.3 is 9.80 Å². The normalized spacial score (nSPS) is 20.2. The molecule has 2 atom stereocenters. The molecule has 2 aliphatic rings. The predicted octanol–water partition coefficient (Wildman–Crippen LogP) is 2.58. The van der Waals surface area contributed by atoms with E-state index in [1.54, 1.807) is 21.9 Å². The molecule has 7 nitrogen and oxygen atoms in total. The van der Waals surface area contributed by atoms with Crippen LogP contribution < -0.4 is 9.80 Å². The molecule has 0 radical (unpaired) electrons. The number of carbonyl (C=O) groups excluding carboxylic acids is 2. The lowest BCUT2D eigenvalue weighted by Crippen LogP contribution is -2.43. The van der Waals surface area contributed by atoms with Crippen molar-refractivity contribution in [3.05, 3.63) is 53.6 Å². The van der Waals surface area contributed by atoms with Crippen molar-refractivity contribution in [2.75, 3.05) is 23.4 Å². The predicted molar refractivity (Wildman–Crippen MR) is 120 cm³/mol. The lowest BCUT2D eigenvalue weighted by Gasteiger charge is -2.26. The molecule has 4 rings (SSSR count). The molecule has 0 saturated heterocycles. The van der Waals surface area contributed by atoms with E-state index >= 15 is 0 Å². The summed E-state index contributed by atoms with van der Waals surface area (Å²) in [5.74, 6) is -0.314. The number of benzene rings is 2. The number of anilines is 2. The van der Waals surface area contributed by atoms with Gasteiger partial charge in [-0.3, -0.25) is 9.59 Å². The minimum absolute atomic E-state index is 0.0125. The molecule has 0 saturated carbocycles. The van der Waals surface area contributed by atoms with Crippen LogP contribution in [0.1, 0.15) is 31.9 Å². The molecule has 2 aliphatic heterocycles. The van der Waals surface area contributed by atoms with Crippen LogP contribution in [0, 0.1) is 0 Å². The van der Waals surface area contributed by atoms with Gasteiger partial charge in [-0.15, -0.1) is 0 Å². The quantitative estimate of drug-likeness (QED) is 0.731. The van der Waals surface area contributed by atoms with E-state index in [1.165, 1.54) is 20.0 Å². The molecular formula is C23H27N3O4S. The minimum atomic E-state index is -3.85. The first kappa shape index (κ1) is 21.5. The molecule has 0 fully saturated rings. The van der Waals surface area contributed by atoms with Crippen molar-refractivity contribution in [2.24, 2.45) is 0 Å². The summed E-state index contributed by atoms with van der Waals surface area (Å²) in [7, 11) is -2.42.